The van der Waals surface area contributed by atoms with E-state index in [4.69, 9.17) is 5.73 Å². The summed E-state index contributed by atoms with van der Waals surface area (Å²) in [7, 11) is 0. The second-order valence-electron chi connectivity index (χ2n) is 4.47. The molecule has 0 heterocycles. The molecule has 1 amide bonds. The number of hydrogen-bond donors (Lipinski definition) is 2. The van der Waals surface area contributed by atoms with Crippen LogP contribution in [0.15, 0.2) is 24.3 Å². The van der Waals surface area contributed by atoms with E-state index in [1.807, 2.05) is 31.2 Å². The fourth-order valence-electron chi connectivity index (χ4n) is 1.61. The molecule has 0 bridgehead atoms. The van der Waals surface area contributed by atoms with Gasteiger partial charge in [-0.2, -0.15) is 0 Å². The van der Waals surface area contributed by atoms with Crippen LogP contribution >= 0.6 is 0 Å². The van der Waals surface area contributed by atoms with Crippen LogP contribution in [-0.4, -0.2) is 11.9 Å². The summed E-state index contributed by atoms with van der Waals surface area (Å²) in [6.45, 7) is 6.04. The summed E-state index contributed by atoms with van der Waals surface area (Å²) in [5.41, 5.74) is 7.63. The first kappa shape index (κ1) is 12.7. The minimum Gasteiger partial charge on any atom is -0.327 e. The lowest BCUT2D eigenvalue weighted by Crippen LogP contribution is -2.24. The molecule has 0 aliphatic carbocycles. The van der Waals surface area contributed by atoms with Crippen molar-refractivity contribution in [3.05, 3.63) is 29.8 Å². The normalized spacial score (nSPS) is 12.6. The lowest BCUT2D eigenvalue weighted by Gasteiger charge is -2.14. The Bertz CT molecular complexity index is 359. The van der Waals surface area contributed by atoms with Crippen LogP contribution in [-0.2, 0) is 4.79 Å². The summed E-state index contributed by atoms with van der Waals surface area (Å²) < 4.78 is 0. The Morgan fingerprint density at radius 1 is 1.31 bits per heavy atom. The van der Waals surface area contributed by atoms with Gasteiger partial charge in [-0.1, -0.05) is 32.0 Å². The van der Waals surface area contributed by atoms with Gasteiger partial charge in [0.1, 0.15) is 0 Å². The molecule has 0 aromatic heterocycles. The molecule has 0 radical (unpaired) electrons. The summed E-state index contributed by atoms with van der Waals surface area (Å²) in [5.74, 6) is 0.370. The number of carbonyl (C=O) groups excluding carboxylic acids is 1. The molecule has 1 aromatic carbocycles. The lowest BCUT2D eigenvalue weighted by atomic mass is 10.0. The maximum Gasteiger partial charge on any atom is 0.225 e. The van der Waals surface area contributed by atoms with Crippen molar-refractivity contribution < 1.29 is 4.79 Å². The summed E-state index contributed by atoms with van der Waals surface area (Å²) in [6.07, 6.45) is 0.354. The van der Waals surface area contributed by atoms with Crippen molar-refractivity contribution in [2.24, 2.45) is 5.73 Å². The number of rotatable bonds is 4. The monoisotopic (exact) mass is 220 g/mol. The first-order chi connectivity index (χ1) is 7.50. The van der Waals surface area contributed by atoms with E-state index in [0.29, 0.717) is 12.3 Å². The van der Waals surface area contributed by atoms with Crippen molar-refractivity contribution >= 4 is 11.6 Å². The van der Waals surface area contributed by atoms with Gasteiger partial charge in [0.15, 0.2) is 0 Å². The molecule has 3 nitrogen and oxygen atoms in total. The van der Waals surface area contributed by atoms with Gasteiger partial charge in [0.2, 0.25) is 5.91 Å². The zero-order valence-corrected chi connectivity index (χ0v) is 10.2. The quantitative estimate of drug-likeness (QED) is 0.819. The highest BCUT2D eigenvalue weighted by molar-refractivity contribution is 5.91. The molecule has 0 aliphatic rings. The van der Waals surface area contributed by atoms with Gasteiger partial charge in [0.25, 0.3) is 0 Å². The van der Waals surface area contributed by atoms with Crippen LogP contribution in [0.2, 0.25) is 0 Å². The van der Waals surface area contributed by atoms with Gasteiger partial charge in [-0.15, -0.1) is 0 Å². The largest absolute Gasteiger partial charge is 0.327 e. The Kier molecular flexibility index (Phi) is 4.50. The summed E-state index contributed by atoms with van der Waals surface area (Å²) in [5, 5.41) is 2.90. The van der Waals surface area contributed by atoms with E-state index in [9.17, 15) is 4.79 Å². The van der Waals surface area contributed by atoms with Gasteiger partial charge < -0.3 is 11.1 Å². The standard InChI is InChI=1S/C13H20N2O/c1-9(2)11-6-4-5-7-12(11)15-13(16)8-10(3)14/h4-7,9-10H,8,14H2,1-3H3,(H,15,16). The Morgan fingerprint density at radius 2 is 1.94 bits per heavy atom. The third-order valence-corrected chi connectivity index (χ3v) is 2.36. The third-order valence-electron chi connectivity index (χ3n) is 2.36. The molecule has 1 rings (SSSR count). The van der Waals surface area contributed by atoms with Crippen molar-refractivity contribution in [3.8, 4) is 0 Å². The Labute approximate surface area is 97.0 Å². The second-order valence-corrected chi connectivity index (χ2v) is 4.47. The summed E-state index contributed by atoms with van der Waals surface area (Å²) in [4.78, 5) is 11.6. The van der Waals surface area contributed by atoms with Crippen LogP contribution in [0.25, 0.3) is 0 Å². The molecule has 0 saturated heterocycles. The molecule has 0 spiro atoms. The van der Waals surface area contributed by atoms with E-state index in [0.717, 1.165) is 11.3 Å². The van der Waals surface area contributed by atoms with Crippen molar-refractivity contribution in [3.63, 3.8) is 0 Å². The summed E-state index contributed by atoms with van der Waals surface area (Å²) >= 11 is 0. The van der Waals surface area contributed by atoms with Crippen LogP contribution < -0.4 is 11.1 Å². The smallest absolute Gasteiger partial charge is 0.225 e. The van der Waals surface area contributed by atoms with Crippen molar-refractivity contribution in [1.29, 1.82) is 0 Å². The predicted octanol–water partition coefficient (Wildman–Crippen LogP) is 2.49. The average Bonchev–Trinajstić information content (AvgIpc) is 2.16. The Hall–Kier alpha value is -1.35. The minimum atomic E-state index is -0.105. The minimum absolute atomic E-state index is 0.0249. The van der Waals surface area contributed by atoms with Gasteiger partial charge in [-0.05, 0) is 24.5 Å². The first-order valence-corrected chi connectivity index (χ1v) is 5.65. The molecule has 0 aliphatic heterocycles. The van der Waals surface area contributed by atoms with Gasteiger partial charge in [-0.25, -0.2) is 0 Å². The van der Waals surface area contributed by atoms with Crippen LogP contribution in [0, 0.1) is 0 Å². The van der Waals surface area contributed by atoms with Gasteiger partial charge in [0, 0.05) is 18.2 Å². The van der Waals surface area contributed by atoms with Crippen LogP contribution in [0.1, 0.15) is 38.7 Å². The van der Waals surface area contributed by atoms with Crippen molar-refractivity contribution in [2.75, 3.05) is 5.32 Å². The van der Waals surface area contributed by atoms with E-state index in [2.05, 4.69) is 19.2 Å². The SMILES string of the molecule is CC(N)CC(=O)Nc1ccccc1C(C)C. The van der Waals surface area contributed by atoms with Gasteiger partial charge in [0.05, 0.1) is 0 Å². The number of para-hydroxylation sites is 1. The highest BCUT2D eigenvalue weighted by Crippen LogP contribution is 2.23. The topological polar surface area (TPSA) is 55.1 Å². The molecule has 1 unspecified atom stereocenters. The van der Waals surface area contributed by atoms with E-state index in [-0.39, 0.29) is 11.9 Å². The molecule has 0 fully saturated rings. The van der Waals surface area contributed by atoms with E-state index in [1.54, 1.807) is 0 Å². The van der Waals surface area contributed by atoms with Gasteiger partial charge in [-0.3, -0.25) is 4.79 Å². The average molecular weight is 220 g/mol. The molecule has 1 aromatic rings. The van der Waals surface area contributed by atoms with Crippen LogP contribution in [0.4, 0.5) is 5.69 Å². The number of benzene rings is 1. The number of nitrogens with two attached hydrogens (primary N) is 1. The van der Waals surface area contributed by atoms with Crippen molar-refractivity contribution in [1.82, 2.24) is 0 Å². The van der Waals surface area contributed by atoms with Gasteiger partial charge >= 0.3 is 0 Å². The molecular weight excluding hydrogens is 200 g/mol. The molecule has 1 atom stereocenters. The first-order valence-electron chi connectivity index (χ1n) is 5.65. The van der Waals surface area contributed by atoms with E-state index in [1.165, 1.54) is 0 Å². The van der Waals surface area contributed by atoms with Crippen LogP contribution in [0.3, 0.4) is 0 Å². The molecule has 3 N–H and O–H groups in total. The maximum absolute atomic E-state index is 11.6. The summed E-state index contributed by atoms with van der Waals surface area (Å²) in [6, 6.07) is 7.76. The number of hydrogen-bond acceptors (Lipinski definition) is 2. The van der Waals surface area contributed by atoms with E-state index >= 15 is 0 Å². The fourth-order valence-corrected chi connectivity index (χ4v) is 1.61. The lowest BCUT2D eigenvalue weighted by molar-refractivity contribution is -0.116. The van der Waals surface area contributed by atoms with Crippen molar-refractivity contribution in [2.45, 2.75) is 39.2 Å². The zero-order chi connectivity index (χ0) is 12.1. The van der Waals surface area contributed by atoms with Crippen LogP contribution in [0.5, 0.6) is 0 Å². The Morgan fingerprint density at radius 3 is 2.50 bits per heavy atom. The highest BCUT2D eigenvalue weighted by Gasteiger charge is 2.09. The highest BCUT2D eigenvalue weighted by atomic mass is 16.1. The number of carbonyl (C=O) groups is 1. The second kappa shape index (κ2) is 5.66. The van der Waals surface area contributed by atoms with E-state index < -0.39 is 0 Å². The predicted molar refractivity (Wildman–Crippen MR) is 67.4 cm³/mol. The molecule has 3 heteroatoms. The molecule has 16 heavy (non-hydrogen) atoms. The third kappa shape index (κ3) is 3.66. The number of nitrogens with one attached hydrogen (secondary N) is 1. The number of anilines is 1. The Balaban J connectivity index is 2.77. The fraction of sp³-hybridized carbons (Fsp3) is 0.462. The zero-order valence-electron chi connectivity index (χ0n) is 10.2. The molecule has 0 saturated carbocycles. The molecular formula is C13H20N2O. The number of amides is 1. The molecule has 88 valence electrons. The maximum atomic E-state index is 11.6.